The summed E-state index contributed by atoms with van der Waals surface area (Å²) in [7, 11) is 3.14. The number of nitrogens with one attached hydrogen (secondary N) is 1. The fourth-order valence-corrected chi connectivity index (χ4v) is 4.83. The summed E-state index contributed by atoms with van der Waals surface area (Å²) in [6.45, 7) is 0.920. The number of hydrogen-bond acceptors (Lipinski definition) is 4. The first-order valence-electron chi connectivity index (χ1n) is 9.79. The number of benzene rings is 2. The third-order valence-corrected chi connectivity index (χ3v) is 6.11. The van der Waals surface area contributed by atoms with Gasteiger partial charge in [0.05, 0.1) is 31.6 Å². The molecule has 3 aromatic rings. The lowest BCUT2D eigenvalue weighted by molar-refractivity contribution is -0.125. The van der Waals surface area contributed by atoms with Crippen LogP contribution in [-0.4, -0.2) is 30.6 Å². The Morgan fingerprint density at radius 2 is 1.79 bits per heavy atom. The number of rotatable bonds is 4. The van der Waals surface area contributed by atoms with Crippen LogP contribution in [0.15, 0.2) is 42.6 Å². The molecule has 1 aromatic heterocycles. The van der Waals surface area contributed by atoms with Crippen LogP contribution in [0.5, 0.6) is 11.5 Å². The van der Waals surface area contributed by atoms with Crippen LogP contribution in [0.2, 0.25) is 0 Å². The fourth-order valence-electron chi connectivity index (χ4n) is 4.83. The molecule has 2 aliphatic heterocycles. The lowest BCUT2D eigenvalue weighted by Gasteiger charge is -2.19. The van der Waals surface area contributed by atoms with E-state index in [0.29, 0.717) is 17.1 Å². The zero-order valence-corrected chi connectivity index (χ0v) is 16.4. The van der Waals surface area contributed by atoms with Gasteiger partial charge in [-0.1, -0.05) is 18.2 Å². The lowest BCUT2D eigenvalue weighted by Crippen LogP contribution is -2.21. The molecule has 148 valence electrons. The summed E-state index contributed by atoms with van der Waals surface area (Å²) >= 11 is 0. The molecule has 2 aliphatic rings. The van der Waals surface area contributed by atoms with Crippen molar-refractivity contribution in [3.05, 3.63) is 59.3 Å². The van der Waals surface area contributed by atoms with E-state index in [1.54, 1.807) is 32.4 Å². The molecule has 6 heteroatoms. The summed E-state index contributed by atoms with van der Waals surface area (Å²) in [6.07, 6.45) is 4.16. The van der Waals surface area contributed by atoms with E-state index in [4.69, 9.17) is 9.47 Å². The predicted molar refractivity (Wildman–Crippen MR) is 108 cm³/mol. The van der Waals surface area contributed by atoms with Gasteiger partial charge in [0, 0.05) is 23.7 Å². The van der Waals surface area contributed by atoms with Crippen molar-refractivity contribution in [2.75, 3.05) is 14.2 Å². The lowest BCUT2D eigenvalue weighted by atomic mass is 9.82. The van der Waals surface area contributed by atoms with Gasteiger partial charge < -0.3 is 14.0 Å². The number of nitrogens with zero attached hydrogens (tertiary/aromatic N) is 1. The molecule has 0 unspecified atom stereocenters. The number of hydrogen-bond donors (Lipinski definition) is 1. The van der Waals surface area contributed by atoms with Crippen LogP contribution in [0.4, 0.5) is 0 Å². The summed E-state index contributed by atoms with van der Waals surface area (Å²) in [5.41, 5.74) is 4.02. The molecule has 1 fully saturated rings. The first kappa shape index (κ1) is 17.8. The van der Waals surface area contributed by atoms with Crippen LogP contribution in [0.25, 0.3) is 10.9 Å². The van der Waals surface area contributed by atoms with Crippen molar-refractivity contribution in [3.8, 4) is 11.5 Å². The molecular formula is C23H22N2O4. The number of amides is 2. The minimum Gasteiger partial charge on any atom is -0.497 e. The molecule has 2 aromatic carbocycles. The van der Waals surface area contributed by atoms with Crippen molar-refractivity contribution in [2.24, 2.45) is 0 Å². The first-order chi connectivity index (χ1) is 14.1. The van der Waals surface area contributed by atoms with E-state index in [9.17, 15) is 9.59 Å². The molecule has 29 heavy (non-hydrogen) atoms. The highest BCUT2D eigenvalue weighted by molar-refractivity contribution is 6.12. The fraction of sp³-hybridized carbons (Fsp3) is 0.304. The second-order valence-electron chi connectivity index (χ2n) is 7.61. The van der Waals surface area contributed by atoms with Crippen molar-refractivity contribution < 1.29 is 19.1 Å². The standard InChI is InChI=1S/C23H22N2O4/c1-28-14-8-9-18(29-2)16(11-14)19-20(23(27)24-22(19)26)17-12-25-10-4-6-13-5-3-7-15(17)21(13)25/h3,5,7-9,11-12,19-20H,4,6,10H2,1-2H3,(H,24,26,27)/t19-,20+/m1/s1. The molecule has 0 aliphatic carbocycles. The van der Waals surface area contributed by atoms with E-state index >= 15 is 0 Å². The van der Waals surface area contributed by atoms with Crippen LogP contribution in [0.3, 0.4) is 0 Å². The van der Waals surface area contributed by atoms with Gasteiger partial charge >= 0.3 is 0 Å². The normalized spacial score (nSPS) is 20.8. The molecule has 2 atom stereocenters. The van der Waals surface area contributed by atoms with Crippen LogP contribution in [-0.2, 0) is 22.6 Å². The van der Waals surface area contributed by atoms with Gasteiger partial charge in [-0.3, -0.25) is 14.9 Å². The van der Waals surface area contributed by atoms with Crippen molar-refractivity contribution in [1.29, 1.82) is 0 Å². The molecule has 3 heterocycles. The predicted octanol–water partition coefficient (Wildman–Crippen LogP) is 3.13. The van der Waals surface area contributed by atoms with Gasteiger partial charge in [-0.05, 0) is 42.2 Å². The van der Waals surface area contributed by atoms with Crippen molar-refractivity contribution in [3.63, 3.8) is 0 Å². The largest absolute Gasteiger partial charge is 0.497 e. The molecule has 1 saturated heterocycles. The number of ether oxygens (including phenoxy) is 2. The number of carbonyl (C=O) groups excluding carboxylic acids is 2. The van der Waals surface area contributed by atoms with Gasteiger partial charge in [0.2, 0.25) is 11.8 Å². The molecule has 1 N–H and O–H groups in total. The molecule has 0 radical (unpaired) electrons. The van der Waals surface area contributed by atoms with Crippen LogP contribution >= 0.6 is 0 Å². The van der Waals surface area contributed by atoms with Crippen molar-refractivity contribution >= 4 is 22.7 Å². The van der Waals surface area contributed by atoms with Gasteiger partial charge in [0.15, 0.2) is 0 Å². The summed E-state index contributed by atoms with van der Waals surface area (Å²) in [5.74, 6) is -0.669. The monoisotopic (exact) mass is 390 g/mol. The van der Waals surface area contributed by atoms with Crippen molar-refractivity contribution in [2.45, 2.75) is 31.2 Å². The maximum absolute atomic E-state index is 13.0. The van der Waals surface area contributed by atoms with Gasteiger partial charge in [0.1, 0.15) is 11.5 Å². The Bertz CT molecular complexity index is 1150. The van der Waals surface area contributed by atoms with Gasteiger partial charge in [-0.25, -0.2) is 0 Å². The zero-order chi connectivity index (χ0) is 20.1. The Morgan fingerprint density at radius 3 is 2.55 bits per heavy atom. The summed E-state index contributed by atoms with van der Waals surface area (Å²) in [6, 6.07) is 11.6. The van der Waals surface area contributed by atoms with Gasteiger partial charge in [-0.2, -0.15) is 0 Å². The van der Waals surface area contributed by atoms with Gasteiger partial charge in [-0.15, -0.1) is 0 Å². The molecule has 0 spiro atoms. The van der Waals surface area contributed by atoms with E-state index in [1.165, 1.54) is 11.1 Å². The minimum absolute atomic E-state index is 0.270. The second kappa shape index (κ2) is 6.65. The van der Waals surface area contributed by atoms with Crippen LogP contribution in [0, 0.1) is 0 Å². The average Bonchev–Trinajstić information content (AvgIpc) is 3.25. The molecule has 6 nitrogen and oxygen atoms in total. The smallest absolute Gasteiger partial charge is 0.235 e. The maximum atomic E-state index is 13.0. The molecular weight excluding hydrogens is 368 g/mol. The van der Waals surface area contributed by atoms with E-state index in [0.717, 1.165) is 30.3 Å². The highest BCUT2D eigenvalue weighted by Gasteiger charge is 2.46. The number of aromatic nitrogens is 1. The van der Waals surface area contributed by atoms with Crippen molar-refractivity contribution in [1.82, 2.24) is 9.88 Å². The van der Waals surface area contributed by atoms with Crippen LogP contribution in [0.1, 0.15) is 34.9 Å². The maximum Gasteiger partial charge on any atom is 0.235 e. The third-order valence-electron chi connectivity index (χ3n) is 6.11. The van der Waals surface area contributed by atoms with Crippen LogP contribution < -0.4 is 14.8 Å². The summed E-state index contributed by atoms with van der Waals surface area (Å²) in [4.78, 5) is 25.8. The SMILES string of the molecule is COc1ccc(OC)c([C@H]2C(=O)NC(=O)[C@H]2c2cn3c4c(cccc24)CCC3)c1. The third kappa shape index (κ3) is 2.63. The summed E-state index contributed by atoms with van der Waals surface area (Å²) in [5, 5.41) is 3.59. The summed E-state index contributed by atoms with van der Waals surface area (Å²) < 4.78 is 13.1. The number of imide groups is 1. The molecule has 0 saturated carbocycles. The first-order valence-corrected chi connectivity index (χ1v) is 9.79. The second-order valence-corrected chi connectivity index (χ2v) is 7.61. The average molecular weight is 390 g/mol. The van der Waals surface area contributed by atoms with E-state index in [1.807, 2.05) is 12.1 Å². The molecule has 2 amide bonds. The Hall–Kier alpha value is -3.28. The molecule has 0 bridgehead atoms. The molecule has 5 rings (SSSR count). The Balaban J connectivity index is 1.71. The van der Waals surface area contributed by atoms with E-state index < -0.39 is 11.8 Å². The minimum atomic E-state index is -0.670. The number of para-hydroxylation sites is 1. The highest BCUT2D eigenvalue weighted by Crippen LogP contribution is 2.45. The van der Waals surface area contributed by atoms with E-state index in [-0.39, 0.29) is 11.8 Å². The highest BCUT2D eigenvalue weighted by atomic mass is 16.5. The Kier molecular flexibility index (Phi) is 4.08. The Morgan fingerprint density at radius 1 is 1.00 bits per heavy atom. The quantitative estimate of drug-likeness (QED) is 0.695. The topological polar surface area (TPSA) is 69.6 Å². The zero-order valence-electron chi connectivity index (χ0n) is 16.4. The number of carbonyl (C=O) groups is 2. The Labute approximate surface area is 168 Å². The van der Waals surface area contributed by atoms with Gasteiger partial charge in [0.25, 0.3) is 0 Å². The van der Waals surface area contributed by atoms with E-state index in [2.05, 4.69) is 22.1 Å². The number of aryl methyl sites for hydroxylation is 2. The number of methoxy groups -OCH3 is 2.